The van der Waals surface area contributed by atoms with Gasteiger partial charge in [-0.15, -0.1) is 11.8 Å². The molecule has 0 spiro atoms. The number of fused-ring (bicyclic) bond motifs is 5. The van der Waals surface area contributed by atoms with Crippen molar-refractivity contribution in [3.8, 4) is 0 Å². The summed E-state index contributed by atoms with van der Waals surface area (Å²) in [6, 6.07) is 0. The van der Waals surface area contributed by atoms with E-state index in [-0.39, 0.29) is 23.4 Å². The fourth-order valence-corrected chi connectivity index (χ4v) is 7.29. The molecule has 2 nitrogen and oxygen atoms in total. The Morgan fingerprint density at radius 2 is 2.08 bits per heavy atom. The number of rotatable bonds is 2. The lowest BCUT2D eigenvalue weighted by Crippen LogP contribution is -2.59. The lowest BCUT2D eigenvalue weighted by molar-refractivity contribution is -0.142. The first-order valence-electron chi connectivity index (χ1n) is 9.76. The van der Waals surface area contributed by atoms with Crippen molar-refractivity contribution in [2.75, 3.05) is 6.26 Å². The molecule has 0 aliphatic heterocycles. The summed E-state index contributed by atoms with van der Waals surface area (Å²) in [7, 11) is 0. The maximum absolute atomic E-state index is 16.7. The average Bonchev–Trinajstić information content (AvgIpc) is 2.92. The second kappa shape index (κ2) is 5.98. The Balaban J connectivity index is 1.67. The molecule has 0 aromatic carbocycles. The van der Waals surface area contributed by atoms with Crippen LogP contribution >= 0.6 is 11.8 Å². The Morgan fingerprint density at radius 1 is 1.31 bits per heavy atom. The van der Waals surface area contributed by atoms with E-state index in [2.05, 4.69) is 26.2 Å². The van der Waals surface area contributed by atoms with Crippen LogP contribution in [-0.4, -0.2) is 24.0 Å². The van der Waals surface area contributed by atoms with Crippen LogP contribution in [0.5, 0.6) is 0 Å². The SMILES string of the molecule is CSC1=CC[C@H]2[C@@H]3CCC4=CC(OC(C)=O)C=C[C@]4(C)C3(F)CC[C@]12C. The van der Waals surface area contributed by atoms with Crippen LogP contribution in [0, 0.1) is 22.7 Å². The van der Waals surface area contributed by atoms with Crippen LogP contribution in [0.4, 0.5) is 4.39 Å². The highest BCUT2D eigenvalue weighted by Gasteiger charge is 2.65. The number of allylic oxidation sites excluding steroid dienone is 4. The summed E-state index contributed by atoms with van der Waals surface area (Å²) in [5.41, 5.74) is -0.517. The molecule has 0 aromatic heterocycles. The zero-order chi connectivity index (χ0) is 18.7. The Morgan fingerprint density at radius 3 is 2.77 bits per heavy atom. The van der Waals surface area contributed by atoms with Gasteiger partial charge in [0.2, 0.25) is 0 Å². The van der Waals surface area contributed by atoms with Gasteiger partial charge in [-0.25, -0.2) is 4.39 Å². The highest BCUT2D eigenvalue weighted by molar-refractivity contribution is 8.02. The average molecular weight is 377 g/mol. The minimum atomic E-state index is -1.21. The van der Waals surface area contributed by atoms with Crippen LogP contribution in [0.15, 0.2) is 34.8 Å². The third-order valence-corrected chi connectivity index (χ3v) is 8.85. The summed E-state index contributed by atoms with van der Waals surface area (Å²) in [5.74, 6) is 0.208. The number of esters is 1. The van der Waals surface area contributed by atoms with Crippen molar-refractivity contribution in [3.63, 3.8) is 0 Å². The summed E-state index contributed by atoms with van der Waals surface area (Å²) in [4.78, 5) is 12.8. The van der Waals surface area contributed by atoms with Gasteiger partial charge in [-0.05, 0) is 74.2 Å². The van der Waals surface area contributed by atoms with E-state index in [1.165, 1.54) is 11.8 Å². The number of ether oxygens (including phenoxy) is 1. The number of hydrogen-bond acceptors (Lipinski definition) is 3. The first-order chi connectivity index (χ1) is 12.2. The highest BCUT2D eigenvalue weighted by atomic mass is 32.2. The standard InChI is InChI=1S/C22H29FO2S/c1-14(24)25-16-9-10-21(3)15(13-16)5-6-18-17-7-8-19(26-4)20(17,2)11-12-22(18,21)23/h8-10,13,16-18H,5-7,11-12H2,1-4H3/t16?,17-,18-,20-,21-,22?/m0/s1. The fraction of sp³-hybridized carbons (Fsp3) is 0.682. The van der Waals surface area contributed by atoms with Crippen LogP contribution < -0.4 is 0 Å². The van der Waals surface area contributed by atoms with Crippen molar-refractivity contribution < 1.29 is 13.9 Å². The predicted molar refractivity (Wildman–Crippen MR) is 104 cm³/mol. The van der Waals surface area contributed by atoms with Gasteiger partial charge in [0.1, 0.15) is 11.8 Å². The van der Waals surface area contributed by atoms with Crippen molar-refractivity contribution in [2.24, 2.45) is 22.7 Å². The molecule has 2 saturated carbocycles. The summed E-state index contributed by atoms with van der Waals surface area (Å²) >= 11 is 1.85. The number of halogens is 1. The van der Waals surface area contributed by atoms with E-state index in [0.29, 0.717) is 12.3 Å². The third kappa shape index (κ3) is 2.33. The van der Waals surface area contributed by atoms with E-state index >= 15 is 4.39 Å². The minimum Gasteiger partial charge on any atom is -0.454 e. The van der Waals surface area contributed by atoms with Gasteiger partial charge in [-0.3, -0.25) is 4.79 Å². The quantitative estimate of drug-likeness (QED) is 0.463. The smallest absolute Gasteiger partial charge is 0.303 e. The van der Waals surface area contributed by atoms with Crippen LogP contribution in [-0.2, 0) is 9.53 Å². The van der Waals surface area contributed by atoms with E-state index in [0.717, 1.165) is 31.3 Å². The predicted octanol–water partition coefficient (Wildman–Crippen LogP) is 5.61. The maximum atomic E-state index is 16.7. The van der Waals surface area contributed by atoms with E-state index in [1.807, 2.05) is 30.0 Å². The van der Waals surface area contributed by atoms with Crippen molar-refractivity contribution in [3.05, 3.63) is 34.8 Å². The molecule has 2 fully saturated rings. The summed E-state index contributed by atoms with van der Waals surface area (Å²) in [5, 5.41) is 0. The molecule has 0 heterocycles. The van der Waals surface area contributed by atoms with Crippen molar-refractivity contribution in [1.82, 2.24) is 0 Å². The van der Waals surface area contributed by atoms with Crippen molar-refractivity contribution in [2.45, 2.75) is 64.6 Å². The number of carbonyl (C=O) groups is 1. The number of hydrogen-bond donors (Lipinski definition) is 0. The number of carbonyl (C=O) groups excluding carboxylic acids is 1. The van der Waals surface area contributed by atoms with Gasteiger partial charge in [-0.2, -0.15) is 0 Å². The molecule has 4 aliphatic carbocycles. The zero-order valence-electron chi connectivity index (χ0n) is 16.2. The van der Waals surface area contributed by atoms with Crippen LogP contribution in [0.2, 0.25) is 0 Å². The zero-order valence-corrected chi connectivity index (χ0v) is 17.0. The van der Waals surface area contributed by atoms with E-state index < -0.39 is 11.1 Å². The monoisotopic (exact) mass is 376 g/mol. The van der Waals surface area contributed by atoms with Crippen LogP contribution in [0.25, 0.3) is 0 Å². The lowest BCUT2D eigenvalue weighted by atomic mass is 9.47. The van der Waals surface area contributed by atoms with Crippen molar-refractivity contribution in [1.29, 1.82) is 0 Å². The van der Waals surface area contributed by atoms with E-state index in [4.69, 9.17) is 4.74 Å². The normalized spacial score (nSPS) is 46.6. The molecule has 0 saturated heterocycles. The lowest BCUT2D eigenvalue weighted by Gasteiger charge is -2.60. The molecule has 4 aliphatic rings. The summed E-state index contributed by atoms with van der Waals surface area (Å²) in [6.45, 7) is 5.84. The molecule has 6 atom stereocenters. The molecule has 0 aromatic rings. The molecule has 4 heteroatoms. The Kier molecular flexibility index (Phi) is 4.22. The minimum absolute atomic E-state index is 0.0965. The maximum Gasteiger partial charge on any atom is 0.303 e. The molecule has 0 bridgehead atoms. The van der Waals surface area contributed by atoms with Gasteiger partial charge in [0.05, 0.1) is 0 Å². The van der Waals surface area contributed by atoms with Gasteiger partial charge in [0.15, 0.2) is 0 Å². The summed E-state index contributed by atoms with van der Waals surface area (Å²) in [6.07, 6.45) is 14.4. The van der Waals surface area contributed by atoms with Gasteiger partial charge < -0.3 is 4.74 Å². The molecule has 0 N–H and O–H groups in total. The van der Waals surface area contributed by atoms with Crippen LogP contribution in [0.1, 0.15) is 52.9 Å². The molecular formula is C22H29FO2S. The molecule has 4 rings (SSSR count). The van der Waals surface area contributed by atoms with Crippen molar-refractivity contribution >= 4 is 17.7 Å². The molecule has 2 unspecified atom stereocenters. The fourth-order valence-electron chi connectivity index (χ4n) is 6.31. The first-order valence-corrected chi connectivity index (χ1v) is 11.0. The Hall–Kier alpha value is -1.03. The first kappa shape index (κ1) is 18.3. The van der Waals surface area contributed by atoms with Gasteiger partial charge in [0.25, 0.3) is 0 Å². The van der Waals surface area contributed by atoms with Gasteiger partial charge in [0, 0.05) is 17.8 Å². The second-order valence-corrected chi connectivity index (χ2v) is 9.72. The molecule has 26 heavy (non-hydrogen) atoms. The third-order valence-electron chi connectivity index (χ3n) is 7.78. The van der Waals surface area contributed by atoms with Gasteiger partial charge >= 0.3 is 5.97 Å². The Bertz CT molecular complexity index is 726. The number of thioether (sulfide) groups is 1. The highest BCUT2D eigenvalue weighted by Crippen LogP contribution is 2.68. The molecular weight excluding hydrogens is 347 g/mol. The van der Waals surface area contributed by atoms with E-state index in [9.17, 15) is 4.79 Å². The van der Waals surface area contributed by atoms with E-state index in [1.54, 1.807) is 0 Å². The molecule has 0 radical (unpaired) electrons. The Labute approximate surface area is 160 Å². The molecule has 0 amide bonds. The summed E-state index contributed by atoms with van der Waals surface area (Å²) < 4.78 is 22.1. The van der Waals surface area contributed by atoms with Crippen LogP contribution in [0.3, 0.4) is 0 Å². The second-order valence-electron chi connectivity index (χ2n) is 8.87. The number of alkyl halides is 1. The topological polar surface area (TPSA) is 26.3 Å². The molecule has 142 valence electrons. The largest absolute Gasteiger partial charge is 0.454 e. The van der Waals surface area contributed by atoms with Gasteiger partial charge in [-0.1, -0.05) is 24.6 Å².